The molecule has 0 unspecified atom stereocenters. The largest absolute Gasteiger partial charge is 0.435 e. The first kappa shape index (κ1) is 17.6. The van der Waals surface area contributed by atoms with Gasteiger partial charge in [-0.25, -0.2) is 0 Å². The van der Waals surface area contributed by atoms with Crippen LogP contribution in [0, 0.1) is 0 Å². The Kier molecular flexibility index (Phi) is 4.97. The van der Waals surface area contributed by atoms with Crippen LogP contribution in [0.4, 0.5) is 8.78 Å². The zero-order valence-corrected chi connectivity index (χ0v) is 14.2. The van der Waals surface area contributed by atoms with Gasteiger partial charge < -0.3 is 9.64 Å². The van der Waals surface area contributed by atoms with Crippen LogP contribution in [-0.4, -0.2) is 44.4 Å². The van der Waals surface area contributed by atoms with Crippen molar-refractivity contribution in [1.82, 2.24) is 24.9 Å². The highest BCUT2D eigenvalue weighted by atomic mass is 19.3. The van der Waals surface area contributed by atoms with Gasteiger partial charge in [0.2, 0.25) is 0 Å². The molecule has 0 fully saturated rings. The lowest BCUT2D eigenvalue weighted by atomic mass is 10.1. The third-order valence-corrected chi connectivity index (χ3v) is 3.70. The number of rotatable bonds is 6. The minimum absolute atomic E-state index is 0.0608. The van der Waals surface area contributed by atoms with Crippen molar-refractivity contribution in [3.05, 3.63) is 54.0 Å². The van der Waals surface area contributed by atoms with Crippen LogP contribution in [0.2, 0.25) is 0 Å². The molecule has 1 N–H and O–H groups in total. The van der Waals surface area contributed by atoms with Crippen molar-refractivity contribution >= 4 is 5.91 Å². The Morgan fingerprint density at radius 1 is 1.31 bits per heavy atom. The molecule has 136 valence electrons. The van der Waals surface area contributed by atoms with Gasteiger partial charge in [-0.2, -0.15) is 19.0 Å². The van der Waals surface area contributed by atoms with Crippen molar-refractivity contribution in [2.45, 2.75) is 13.2 Å². The summed E-state index contributed by atoms with van der Waals surface area (Å²) >= 11 is 0. The van der Waals surface area contributed by atoms with Gasteiger partial charge in [0, 0.05) is 25.9 Å². The molecule has 0 spiro atoms. The van der Waals surface area contributed by atoms with Crippen LogP contribution in [0.1, 0.15) is 16.2 Å². The highest BCUT2D eigenvalue weighted by Gasteiger charge is 2.16. The van der Waals surface area contributed by atoms with E-state index in [-0.39, 0.29) is 11.7 Å². The lowest BCUT2D eigenvalue weighted by Crippen LogP contribution is -2.26. The van der Waals surface area contributed by atoms with Gasteiger partial charge in [-0.3, -0.25) is 14.6 Å². The summed E-state index contributed by atoms with van der Waals surface area (Å²) < 4.78 is 30.3. The number of aryl methyl sites for hydroxylation is 1. The number of alkyl halides is 2. The number of hydrogen-bond acceptors (Lipinski definition) is 4. The van der Waals surface area contributed by atoms with Crippen LogP contribution in [-0.2, 0) is 13.6 Å². The first-order valence-electron chi connectivity index (χ1n) is 7.77. The van der Waals surface area contributed by atoms with Gasteiger partial charge in [0.05, 0.1) is 17.9 Å². The molecule has 1 aromatic carbocycles. The third-order valence-electron chi connectivity index (χ3n) is 3.70. The maximum Gasteiger partial charge on any atom is 0.387 e. The van der Waals surface area contributed by atoms with Crippen molar-refractivity contribution in [3.63, 3.8) is 0 Å². The van der Waals surface area contributed by atoms with E-state index in [9.17, 15) is 13.6 Å². The lowest BCUT2D eigenvalue weighted by Gasteiger charge is -2.14. The second kappa shape index (κ2) is 7.34. The summed E-state index contributed by atoms with van der Waals surface area (Å²) in [7, 11) is 3.48. The fourth-order valence-corrected chi connectivity index (χ4v) is 2.45. The molecule has 0 atom stereocenters. The fourth-order valence-electron chi connectivity index (χ4n) is 2.45. The SMILES string of the molecule is CN(Cc1ccn(C)n1)C(=O)c1cc(-c2ccc(OC(F)F)cc2)n[nH]1. The average Bonchev–Trinajstić information content (AvgIpc) is 3.23. The van der Waals surface area contributed by atoms with Crippen LogP contribution < -0.4 is 4.74 Å². The fraction of sp³-hybridized carbons (Fsp3) is 0.235. The second-order valence-electron chi connectivity index (χ2n) is 5.71. The van der Waals surface area contributed by atoms with E-state index in [4.69, 9.17) is 0 Å². The van der Waals surface area contributed by atoms with E-state index in [2.05, 4.69) is 20.0 Å². The minimum Gasteiger partial charge on any atom is -0.435 e. The number of hydrogen-bond donors (Lipinski definition) is 1. The average molecular weight is 361 g/mol. The van der Waals surface area contributed by atoms with Crippen LogP contribution in [0.15, 0.2) is 42.6 Å². The van der Waals surface area contributed by atoms with Crippen molar-refractivity contribution in [2.24, 2.45) is 7.05 Å². The van der Waals surface area contributed by atoms with E-state index in [1.165, 1.54) is 17.0 Å². The molecule has 0 aliphatic rings. The van der Waals surface area contributed by atoms with E-state index in [0.29, 0.717) is 23.5 Å². The molecule has 2 aromatic heterocycles. The van der Waals surface area contributed by atoms with E-state index >= 15 is 0 Å². The normalized spacial score (nSPS) is 11.0. The zero-order valence-electron chi connectivity index (χ0n) is 14.2. The highest BCUT2D eigenvalue weighted by Crippen LogP contribution is 2.22. The molecule has 9 heteroatoms. The highest BCUT2D eigenvalue weighted by molar-refractivity contribution is 5.93. The van der Waals surface area contributed by atoms with Gasteiger partial charge in [0.15, 0.2) is 0 Å². The van der Waals surface area contributed by atoms with Crippen LogP contribution in [0.3, 0.4) is 0 Å². The summed E-state index contributed by atoms with van der Waals surface area (Å²) in [6.07, 6.45) is 1.81. The maximum absolute atomic E-state index is 12.5. The number of carbonyl (C=O) groups is 1. The number of amides is 1. The summed E-state index contributed by atoms with van der Waals surface area (Å²) in [6.45, 7) is -2.50. The van der Waals surface area contributed by atoms with Gasteiger partial charge in [0.25, 0.3) is 5.91 Å². The lowest BCUT2D eigenvalue weighted by molar-refractivity contribution is -0.0498. The number of benzene rings is 1. The molecular weight excluding hydrogens is 344 g/mol. The Balaban J connectivity index is 1.69. The predicted molar refractivity (Wildman–Crippen MR) is 89.7 cm³/mol. The predicted octanol–water partition coefficient (Wildman–Crippen LogP) is 2.68. The number of aromatic amines is 1. The first-order valence-corrected chi connectivity index (χ1v) is 7.77. The molecule has 1 amide bonds. The molecule has 0 saturated carbocycles. The number of H-pyrrole nitrogens is 1. The number of carbonyl (C=O) groups excluding carboxylic acids is 1. The molecule has 0 radical (unpaired) electrons. The van der Waals surface area contributed by atoms with Gasteiger partial charge in [-0.1, -0.05) is 0 Å². The summed E-state index contributed by atoms with van der Waals surface area (Å²) in [6, 6.07) is 9.49. The smallest absolute Gasteiger partial charge is 0.387 e. The second-order valence-corrected chi connectivity index (χ2v) is 5.71. The topological polar surface area (TPSA) is 76.0 Å². The van der Waals surface area contributed by atoms with E-state index in [1.807, 2.05) is 19.3 Å². The van der Waals surface area contributed by atoms with Crippen LogP contribution in [0.25, 0.3) is 11.3 Å². The Morgan fingerprint density at radius 2 is 2.04 bits per heavy atom. The van der Waals surface area contributed by atoms with Gasteiger partial charge in [-0.05, 0) is 36.4 Å². The van der Waals surface area contributed by atoms with Crippen molar-refractivity contribution < 1.29 is 18.3 Å². The molecule has 26 heavy (non-hydrogen) atoms. The van der Waals surface area contributed by atoms with Crippen LogP contribution >= 0.6 is 0 Å². The number of ether oxygens (including phenoxy) is 1. The van der Waals surface area contributed by atoms with Gasteiger partial charge in [-0.15, -0.1) is 0 Å². The maximum atomic E-state index is 12.5. The molecule has 0 saturated heterocycles. The molecule has 3 rings (SSSR count). The number of nitrogens with one attached hydrogen (secondary N) is 1. The minimum atomic E-state index is -2.87. The third kappa shape index (κ3) is 4.05. The summed E-state index contributed by atoms with van der Waals surface area (Å²) in [5.74, 6) is -0.169. The molecule has 7 nitrogen and oxygen atoms in total. The van der Waals surface area contributed by atoms with Crippen molar-refractivity contribution in [2.75, 3.05) is 7.05 Å². The first-order chi connectivity index (χ1) is 12.4. The standard InChI is InChI=1S/C17H17F2N5O2/c1-23(10-12-7-8-24(2)22-12)16(25)15-9-14(20-21-15)11-3-5-13(6-4-11)26-17(18)19/h3-9,17H,10H2,1-2H3,(H,20,21). The molecule has 0 aliphatic heterocycles. The van der Waals surface area contributed by atoms with Crippen molar-refractivity contribution in [3.8, 4) is 17.0 Å². The van der Waals surface area contributed by atoms with Crippen molar-refractivity contribution in [1.29, 1.82) is 0 Å². The van der Waals surface area contributed by atoms with E-state index in [0.717, 1.165) is 5.69 Å². The molecule has 2 heterocycles. The van der Waals surface area contributed by atoms with E-state index < -0.39 is 6.61 Å². The Hall–Kier alpha value is -3.23. The molecule has 0 aliphatic carbocycles. The Labute approximate surface area is 148 Å². The Morgan fingerprint density at radius 3 is 2.65 bits per heavy atom. The number of nitrogens with zero attached hydrogens (tertiary/aromatic N) is 4. The molecule has 0 bridgehead atoms. The Bertz CT molecular complexity index is 889. The number of halogens is 2. The number of aromatic nitrogens is 4. The van der Waals surface area contributed by atoms with Gasteiger partial charge in [0.1, 0.15) is 11.4 Å². The zero-order chi connectivity index (χ0) is 18.7. The summed E-state index contributed by atoms with van der Waals surface area (Å²) in [5, 5.41) is 11.1. The monoisotopic (exact) mass is 361 g/mol. The summed E-state index contributed by atoms with van der Waals surface area (Å²) in [4.78, 5) is 14.0. The molecule has 3 aromatic rings. The summed E-state index contributed by atoms with van der Waals surface area (Å²) in [5.41, 5.74) is 2.31. The van der Waals surface area contributed by atoms with E-state index in [1.54, 1.807) is 29.9 Å². The quantitative estimate of drug-likeness (QED) is 0.732. The van der Waals surface area contributed by atoms with Gasteiger partial charge >= 0.3 is 6.61 Å². The van der Waals surface area contributed by atoms with Crippen LogP contribution in [0.5, 0.6) is 5.75 Å². The molecular formula is C17H17F2N5O2.